The topological polar surface area (TPSA) is 68.5 Å². The Morgan fingerprint density at radius 2 is 2.11 bits per heavy atom. The van der Waals surface area contributed by atoms with E-state index in [4.69, 9.17) is 9.26 Å². The highest BCUT2D eigenvalue weighted by Gasteiger charge is 2.19. The van der Waals surface area contributed by atoms with Crippen LogP contribution < -0.4 is 0 Å². The average molecular weight is 261 g/mol. The van der Waals surface area contributed by atoms with E-state index in [1.54, 1.807) is 30.5 Å². The third-order valence-corrected chi connectivity index (χ3v) is 2.62. The molecule has 0 aromatic carbocycles. The van der Waals surface area contributed by atoms with Crippen molar-refractivity contribution in [1.29, 1.82) is 0 Å². The maximum absolute atomic E-state index is 12.2. The molecule has 100 valence electrons. The van der Waals surface area contributed by atoms with Gasteiger partial charge in [0.1, 0.15) is 0 Å². The highest BCUT2D eigenvalue weighted by Crippen LogP contribution is 2.09. The van der Waals surface area contributed by atoms with E-state index in [0.29, 0.717) is 19.7 Å². The second-order valence-electron chi connectivity index (χ2n) is 3.95. The minimum atomic E-state index is -0.202. The molecule has 0 unspecified atom stereocenters. The number of nitrogens with zero attached hydrogens (tertiary/aromatic N) is 3. The van der Waals surface area contributed by atoms with Crippen molar-refractivity contribution < 1.29 is 14.1 Å². The van der Waals surface area contributed by atoms with Crippen LogP contribution in [0.1, 0.15) is 16.1 Å². The predicted molar refractivity (Wildman–Crippen MR) is 67.4 cm³/mol. The molecular formula is C13H15N3O3. The quantitative estimate of drug-likeness (QED) is 0.785. The third kappa shape index (κ3) is 3.62. The van der Waals surface area contributed by atoms with E-state index in [-0.39, 0.29) is 11.7 Å². The van der Waals surface area contributed by atoms with E-state index in [2.05, 4.69) is 10.1 Å². The molecule has 0 bridgehead atoms. The van der Waals surface area contributed by atoms with Crippen LogP contribution in [0.2, 0.25) is 0 Å². The monoisotopic (exact) mass is 261 g/mol. The summed E-state index contributed by atoms with van der Waals surface area (Å²) in [7, 11) is 1.60. The Bertz CT molecular complexity index is 499. The molecule has 6 heteroatoms. The molecule has 0 atom stereocenters. The smallest absolute Gasteiger partial charge is 0.292 e. The fraction of sp³-hybridized carbons (Fsp3) is 0.308. The molecule has 0 fully saturated rings. The van der Waals surface area contributed by atoms with Crippen molar-refractivity contribution in [2.75, 3.05) is 20.3 Å². The molecule has 19 heavy (non-hydrogen) atoms. The van der Waals surface area contributed by atoms with E-state index in [1.807, 2.05) is 12.1 Å². The summed E-state index contributed by atoms with van der Waals surface area (Å²) in [6, 6.07) is 5.29. The van der Waals surface area contributed by atoms with Crippen LogP contribution in [0.25, 0.3) is 0 Å². The first kappa shape index (κ1) is 13.2. The Kier molecular flexibility index (Phi) is 4.63. The van der Waals surface area contributed by atoms with Gasteiger partial charge in [0.25, 0.3) is 5.91 Å². The Morgan fingerprint density at radius 1 is 1.32 bits per heavy atom. The number of carbonyl (C=O) groups is 1. The SMILES string of the molecule is COCCN(Cc1ccncc1)C(=O)c1ccno1. The number of aromatic nitrogens is 2. The molecule has 0 aliphatic carbocycles. The molecule has 0 N–H and O–H groups in total. The van der Waals surface area contributed by atoms with Crippen molar-refractivity contribution >= 4 is 5.91 Å². The first-order valence-corrected chi connectivity index (χ1v) is 5.89. The van der Waals surface area contributed by atoms with Gasteiger partial charge in [-0.2, -0.15) is 0 Å². The lowest BCUT2D eigenvalue weighted by Crippen LogP contribution is -2.33. The maximum Gasteiger partial charge on any atom is 0.292 e. The van der Waals surface area contributed by atoms with Crippen LogP contribution in [0, 0.1) is 0 Å². The minimum Gasteiger partial charge on any atom is -0.383 e. The lowest BCUT2D eigenvalue weighted by atomic mass is 10.2. The van der Waals surface area contributed by atoms with Gasteiger partial charge in [0.2, 0.25) is 5.76 Å². The molecule has 0 radical (unpaired) electrons. The van der Waals surface area contributed by atoms with E-state index < -0.39 is 0 Å². The molecule has 0 saturated heterocycles. The summed E-state index contributed by atoms with van der Waals surface area (Å²) < 4.78 is 9.92. The Balaban J connectivity index is 2.09. The second kappa shape index (κ2) is 6.65. The van der Waals surface area contributed by atoms with Gasteiger partial charge in [0, 0.05) is 38.7 Å². The van der Waals surface area contributed by atoms with Gasteiger partial charge < -0.3 is 14.2 Å². The molecular weight excluding hydrogens is 246 g/mol. The standard InChI is InChI=1S/C13H15N3O3/c1-18-9-8-16(10-11-2-5-14-6-3-11)13(17)12-4-7-15-19-12/h2-7H,8-10H2,1H3. The fourth-order valence-electron chi connectivity index (χ4n) is 1.64. The lowest BCUT2D eigenvalue weighted by Gasteiger charge is -2.21. The summed E-state index contributed by atoms with van der Waals surface area (Å²) in [5, 5.41) is 3.55. The van der Waals surface area contributed by atoms with Gasteiger partial charge in [-0.1, -0.05) is 5.16 Å². The van der Waals surface area contributed by atoms with Crippen molar-refractivity contribution in [1.82, 2.24) is 15.0 Å². The van der Waals surface area contributed by atoms with E-state index in [1.165, 1.54) is 6.20 Å². The second-order valence-corrected chi connectivity index (χ2v) is 3.95. The van der Waals surface area contributed by atoms with Gasteiger partial charge in [0.15, 0.2) is 0 Å². The van der Waals surface area contributed by atoms with Crippen LogP contribution in [0.15, 0.2) is 41.3 Å². The predicted octanol–water partition coefficient (Wildman–Crippen LogP) is 1.36. The number of hydrogen-bond acceptors (Lipinski definition) is 5. The van der Waals surface area contributed by atoms with Crippen LogP contribution in [0.5, 0.6) is 0 Å². The van der Waals surface area contributed by atoms with Crippen molar-refractivity contribution in [2.45, 2.75) is 6.54 Å². The van der Waals surface area contributed by atoms with Gasteiger partial charge in [-0.3, -0.25) is 9.78 Å². The Morgan fingerprint density at radius 3 is 2.74 bits per heavy atom. The zero-order chi connectivity index (χ0) is 13.5. The molecule has 2 heterocycles. The third-order valence-electron chi connectivity index (χ3n) is 2.62. The molecule has 0 aliphatic rings. The summed E-state index contributed by atoms with van der Waals surface area (Å²) >= 11 is 0. The highest BCUT2D eigenvalue weighted by atomic mass is 16.5. The fourth-order valence-corrected chi connectivity index (χ4v) is 1.64. The number of rotatable bonds is 6. The number of hydrogen-bond donors (Lipinski definition) is 0. The molecule has 0 spiro atoms. The zero-order valence-corrected chi connectivity index (χ0v) is 10.7. The van der Waals surface area contributed by atoms with Gasteiger partial charge in [-0.05, 0) is 17.7 Å². The van der Waals surface area contributed by atoms with E-state index >= 15 is 0 Å². The molecule has 6 nitrogen and oxygen atoms in total. The van der Waals surface area contributed by atoms with Gasteiger partial charge in [-0.25, -0.2) is 0 Å². The van der Waals surface area contributed by atoms with Gasteiger partial charge in [0.05, 0.1) is 12.8 Å². The molecule has 0 aliphatic heterocycles. The number of carbonyl (C=O) groups excluding carboxylic acids is 1. The van der Waals surface area contributed by atoms with Crippen molar-refractivity contribution in [3.63, 3.8) is 0 Å². The number of amides is 1. The first-order valence-electron chi connectivity index (χ1n) is 5.89. The van der Waals surface area contributed by atoms with Crippen LogP contribution in [0.4, 0.5) is 0 Å². The normalized spacial score (nSPS) is 10.4. The van der Waals surface area contributed by atoms with Crippen molar-refractivity contribution in [3.05, 3.63) is 48.1 Å². The van der Waals surface area contributed by atoms with Crippen molar-refractivity contribution in [2.24, 2.45) is 0 Å². The van der Waals surface area contributed by atoms with Crippen LogP contribution in [-0.2, 0) is 11.3 Å². The average Bonchev–Trinajstić information content (AvgIpc) is 2.98. The Hall–Kier alpha value is -2.21. The summed E-state index contributed by atoms with van der Waals surface area (Å²) in [6.07, 6.45) is 4.85. The number of pyridine rings is 1. The zero-order valence-electron chi connectivity index (χ0n) is 10.7. The minimum absolute atomic E-state index is 0.202. The maximum atomic E-state index is 12.2. The van der Waals surface area contributed by atoms with Crippen molar-refractivity contribution in [3.8, 4) is 0 Å². The summed E-state index contributed by atoms with van der Waals surface area (Å²) in [5.74, 6) is 0.0246. The van der Waals surface area contributed by atoms with E-state index in [9.17, 15) is 4.79 Å². The largest absolute Gasteiger partial charge is 0.383 e. The highest BCUT2D eigenvalue weighted by molar-refractivity contribution is 5.91. The molecule has 0 saturated carbocycles. The molecule has 2 aromatic rings. The summed E-state index contributed by atoms with van der Waals surface area (Å²) in [6.45, 7) is 1.43. The lowest BCUT2D eigenvalue weighted by molar-refractivity contribution is 0.0640. The Labute approximate surface area is 111 Å². The van der Waals surface area contributed by atoms with E-state index in [0.717, 1.165) is 5.56 Å². The number of methoxy groups -OCH3 is 1. The van der Waals surface area contributed by atoms with Gasteiger partial charge in [-0.15, -0.1) is 0 Å². The molecule has 1 amide bonds. The summed E-state index contributed by atoms with van der Waals surface area (Å²) in [4.78, 5) is 17.8. The molecule has 2 rings (SSSR count). The van der Waals surface area contributed by atoms with Crippen LogP contribution >= 0.6 is 0 Å². The molecule has 2 aromatic heterocycles. The van der Waals surface area contributed by atoms with Gasteiger partial charge >= 0.3 is 0 Å². The van der Waals surface area contributed by atoms with Crippen LogP contribution in [-0.4, -0.2) is 41.2 Å². The summed E-state index contributed by atoms with van der Waals surface area (Å²) in [5.41, 5.74) is 0.999. The number of ether oxygens (including phenoxy) is 1. The first-order chi connectivity index (χ1) is 9.31. The van der Waals surface area contributed by atoms with Crippen LogP contribution in [0.3, 0.4) is 0 Å².